The summed E-state index contributed by atoms with van der Waals surface area (Å²) in [6, 6.07) is 7.68. The second-order valence-corrected chi connectivity index (χ2v) is 6.36. The molecule has 4 nitrogen and oxygen atoms in total. The molecule has 0 aliphatic carbocycles. The monoisotopic (exact) mass is 275 g/mol. The highest BCUT2D eigenvalue weighted by molar-refractivity contribution is 7.84. The molecule has 1 aliphatic rings. The summed E-state index contributed by atoms with van der Waals surface area (Å²) in [5, 5.41) is 3.95. The van der Waals surface area contributed by atoms with Gasteiger partial charge in [-0.25, -0.2) is 4.98 Å². The first-order chi connectivity index (χ1) is 9.33. The Hall–Kier alpha value is -1.33. The van der Waals surface area contributed by atoms with Gasteiger partial charge in [-0.3, -0.25) is 9.19 Å². The van der Waals surface area contributed by atoms with Crippen LogP contribution in [0.4, 0.5) is 0 Å². The molecule has 1 aliphatic heterocycles. The Balaban J connectivity index is 1.77. The molecule has 2 heterocycles. The van der Waals surface area contributed by atoms with E-state index in [1.165, 1.54) is 6.42 Å². The Morgan fingerprint density at radius 2 is 2.16 bits per heavy atom. The number of aromatic nitrogens is 2. The summed E-state index contributed by atoms with van der Waals surface area (Å²) in [4.78, 5) is 8.78. The van der Waals surface area contributed by atoms with Gasteiger partial charge in [-0.1, -0.05) is 12.1 Å². The molecule has 1 fully saturated rings. The topological polar surface area (TPSA) is 54.9 Å². The first-order valence-electron chi connectivity index (χ1n) is 6.64. The largest absolute Gasteiger partial charge is 0.316 e. The van der Waals surface area contributed by atoms with Crippen molar-refractivity contribution in [2.45, 2.75) is 17.9 Å². The molecule has 0 unspecified atom stereocenters. The van der Waals surface area contributed by atoms with Gasteiger partial charge in [0.1, 0.15) is 5.03 Å². The Labute approximate surface area is 115 Å². The molecule has 0 bridgehead atoms. The Kier molecular flexibility index (Phi) is 3.84. The summed E-state index contributed by atoms with van der Waals surface area (Å²) in [5.74, 6) is 1.17. The van der Waals surface area contributed by atoms with Crippen molar-refractivity contribution in [3.8, 4) is 0 Å². The SMILES string of the molecule is O=[S@](C[C@H]1CCCNC1)c1cnc2ccccc2n1. The number of piperidine rings is 1. The van der Waals surface area contributed by atoms with Crippen LogP contribution in [0.2, 0.25) is 0 Å². The molecule has 3 rings (SSSR count). The standard InChI is InChI=1S/C14H17N3OS/c18-19(10-11-4-3-7-15-8-11)14-9-16-12-5-1-2-6-13(12)17-14/h1-2,5-6,9,11,15H,3-4,7-8,10H2/t11-,19+/m0/s1. The smallest absolute Gasteiger partial charge is 0.146 e. The predicted molar refractivity (Wildman–Crippen MR) is 76.4 cm³/mol. The first-order valence-corrected chi connectivity index (χ1v) is 7.96. The quantitative estimate of drug-likeness (QED) is 0.927. The fourth-order valence-corrected chi connectivity index (χ4v) is 3.67. The summed E-state index contributed by atoms with van der Waals surface area (Å²) >= 11 is 0. The van der Waals surface area contributed by atoms with E-state index in [2.05, 4.69) is 15.3 Å². The van der Waals surface area contributed by atoms with E-state index in [0.717, 1.165) is 30.5 Å². The lowest BCUT2D eigenvalue weighted by molar-refractivity contribution is 0.408. The van der Waals surface area contributed by atoms with E-state index in [9.17, 15) is 4.21 Å². The van der Waals surface area contributed by atoms with Crippen molar-refractivity contribution >= 4 is 21.8 Å². The maximum absolute atomic E-state index is 12.3. The molecule has 2 aromatic rings. The molecule has 0 radical (unpaired) electrons. The van der Waals surface area contributed by atoms with Crippen molar-refractivity contribution in [3.63, 3.8) is 0 Å². The molecule has 0 spiro atoms. The lowest BCUT2D eigenvalue weighted by Crippen LogP contribution is -2.32. The zero-order valence-electron chi connectivity index (χ0n) is 10.7. The Bertz CT molecular complexity index is 596. The van der Waals surface area contributed by atoms with Gasteiger partial charge in [-0.2, -0.15) is 0 Å². The number of nitrogens with one attached hydrogen (secondary N) is 1. The van der Waals surface area contributed by atoms with Gasteiger partial charge in [0, 0.05) is 5.75 Å². The molecule has 1 saturated heterocycles. The number of para-hydroxylation sites is 2. The highest BCUT2D eigenvalue weighted by atomic mass is 32.2. The molecule has 1 aromatic heterocycles. The van der Waals surface area contributed by atoms with Gasteiger partial charge in [0.2, 0.25) is 0 Å². The number of hydrogen-bond donors (Lipinski definition) is 1. The highest BCUT2D eigenvalue weighted by Crippen LogP contribution is 2.16. The van der Waals surface area contributed by atoms with E-state index in [1.54, 1.807) is 6.20 Å². The number of rotatable bonds is 3. The van der Waals surface area contributed by atoms with Crippen molar-refractivity contribution in [1.29, 1.82) is 0 Å². The maximum Gasteiger partial charge on any atom is 0.146 e. The van der Waals surface area contributed by atoms with Crippen molar-refractivity contribution < 1.29 is 4.21 Å². The highest BCUT2D eigenvalue weighted by Gasteiger charge is 2.18. The van der Waals surface area contributed by atoms with Crippen molar-refractivity contribution in [3.05, 3.63) is 30.5 Å². The van der Waals surface area contributed by atoms with Crippen LogP contribution in [-0.4, -0.2) is 33.0 Å². The van der Waals surface area contributed by atoms with Crippen LogP contribution < -0.4 is 5.32 Å². The summed E-state index contributed by atoms with van der Waals surface area (Å²) in [5.41, 5.74) is 1.66. The van der Waals surface area contributed by atoms with E-state index in [4.69, 9.17) is 0 Å². The molecule has 1 aromatic carbocycles. The van der Waals surface area contributed by atoms with Crippen LogP contribution in [0.1, 0.15) is 12.8 Å². The van der Waals surface area contributed by atoms with E-state index in [1.807, 2.05) is 24.3 Å². The number of hydrogen-bond acceptors (Lipinski definition) is 4. The third kappa shape index (κ3) is 2.98. The van der Waals surface area contributed by atoms with E-state index in [0.29, 0.717) is 16.7 Å². The zero-order valence-corrected chi connectivity index (χ0v) is 11.5. The molecule has 2 atom stereocenters. The van der Waals surface area contributed by atoms with Gasteiger partial charge in [0.25, 0.3) is 0 Å². The lowest BCUT2D eigenvalue weighted by atomic mass is 10.0. The number of benzene rings is 1. The molecule has 5 heteroatoms. The Morgan fingerprint density at radius 3 is 2.95 bits per heavy atom. The van der Waals surface area contributed by atoms with Gasteiger partial charge in [0.15, 0.2) is 0 Å². The summed E-state index contributed by atoms with van der Waals surface area (Å²) in [6.07, 6.45) is 3.97. The fourth-order valence-electron chi connectivity index (χ4n) is 2.42. The van der Waals surface area contributed by atoms with Gasteiger partial charge < -0.3 is 5.32 Å². The third-order valence-electron chi connectivity index (χ3n) is 3.45. The van der Waals surface area contributed by atoms with Gasteiger partial charge in [0.05, 0.1) is 28.0 Å². The fraction of sp³-hybridized carbons (Fsp3) is 0.429. The minimum absolute atomic E-state index is 0.489. The van der Waals surface area contributed by atoms with Gasteiger partial charge in [-0.05, 0) is 44.0 Å². The second-order valence-electron chi connectivity index (χ2n) is 4.92. The van der Waals surface area contributed by atoms with Crippen LogP contribution in [-0.2, 0) is 10.8 Å². The molecule has 1 N–H and O–H groups in total. The molecule has 0 amide bonds. The number of nitrogens with zero attached hydrogens (tertiary/aromatic N) is 2. The van der Waals surface area contributed by atoms with Crippen LogP contribution in [0.3, 0.4) is 0 Å². The lowest BCUT2D eigenvalue weighted by Gasteiger charge is -2.21. The summed E-state index contributed by atoms with van der Waals surface area (Å²) in [7, 11) is -1.05. The predicted octanol–water partition coefficient (Wildman–Crippen LogP) is 1.74. The first kappa shape index (κ1) is 12.7. The van der Waals surface area contributed by atoms with E-state index >= 15 is 0 Å². The van der Waals surface area contributed by atoms with Crippen LogP contribution in [0.5, 0.6) is 0 Å². The minimum atomic E-state index is -1.05. The molecule has 19 heavy (non-hydrogen) atoms. The summed E-state index contributed by atoms with van der Waals surface area (Å²) < 4.78 is 12.3. The normalized spacial score (nSPS) is 21.4. The van der Waals surface area contributed by atoms with Crippen molar-refractivity contribution in [2.24, 2.45) is 5.92 Å². The average molecular weight is 275 g/mol. The van der Waals surface area contributed by atoms with Gasteiger partial charge >= 0.3 is 0 Å². The maximum atomic E-state index is 12.3. The average Bonchev–Trinajstić information content (AvgIpc) is 2.48. The van der Waals surface area contributed by atoms with Gasteiger partial charge in [-0.15, -0.1) is 0 Å². The molecule has 0 saturated carbocycles. The molecular formula is C14H17N3OS. The van der Waals surface area contributed by atoms with Crippen LogP contribution in [0.15, 0.2) is 35.5 Å². The summed E-state index contributed by atoms with van der Waals surface area (Å²) in [6.45, 7) is 2.05. The third-order valence-corrected chi connectivity index (χ3v) is 4.88. The van der Waals surface area contributed by atoms with Crippen LogP contribution >= 0.6 is 0 Å². The molecule has 100 valence electrons. The van der Waals surface area contributed by atoms with Crippen LogP contribution in [0, 0.1) is 5.92 Å². The van der Waals surface area contributed by atoms with E-state index in [-0.39, 0.29) is 0 Å². The number of fused-ring (bicyclic) bond motifs is 1. The van der Waals surface area contributed by atoms with Crippen molar-refractivity contribution in [1.82, 2.24) is 15.3 Å². The second kappa shape index (κ2) is 5.75. The zero-order chi connectivity index (χ0) is 13.1. The van der Waals surface area contributed by atoms with E-state index < -0.39 is 10.8 Å². The van der Waals surface area contributed by atoms with Crippen molar-refractivity contribution in [2.75, 3.05) is 18.8 Å². The Morgan fingerprint density at radius 1 is 1.32 bits per heavy atom. The minimum Gasteiger partial charge on any atom is -0.316 e. The van der Waals surface area contributed by atoms with Crippen LogP contribution in [0.25, 0.3) is 11.0 Å². The molecular weight excluding hydrogens is 258 g/mol.